The highest BCUT2D eigenvalue weighted by atomic mass is 32.2. The molecule has 3 rings (SSSR count). The Morgan fingerprint density at radius 3 is 2.52 bits per heavy atom. The van der Waals surface area contributed by atoms with E-state index in [1.807, 2.05) is 0 Å². The summed E-state index contributed by atoms with van der Waals surface area (Å²) in [6.07, 6.45) is -1.88. The average Bonchev–Trinajstić information content (AvgIpc) is 2.91. The number of rotatable bonds is 3. The molecule has 3 fully saturated rings. The van der Waals surface area contributed by atoms with E-state index in [1.165, 1.54) is 0 Å². The number of carbonyl (C=O) groups excluding carboxylic acids is 1. The summed E-state index contributed by atoms with van der Waals surface area (Å²) in [6.45, 7) is 0. The molecule has 1 saturated heterocycles. The standard InChI is InChI=1S/C9H10F2O8S2/c10-9(11,21(15,16)17)8(12)18-6-3-1-4-5(2-3)20(13,14)19-7(4)6/h3-7H,1-2H2,(H,15,16,17)/t3?,4-,5?,6?,7?/m0/s1. The van der Waals surface area contributed by atoms with Crippen LogP contribution in [0.25, 0.3) is 0 Å². The van der Waals surface area contributed by atoms with Gasteiger partial charge in [0.05, 0.1) is 5.25 Å². The highest BCUT2D eigenvalue weighted by Crippen LogP contribution is 2.55. The van der Waals surface area contributed by atoms with Gasteiger partial charge in [-0.15, -0.1) is 0 Å². The smallest absolute Gasteiger partial charge is 0.454 e. The fourth-order valence-electron chi connectivity index (χ4n) is 3.34. The van der Waals surface area contributed by atoms with Crippen molar-refractivity contribution in [2.24, 2.45) is 11.8 Å². The van der Waals surface area contributed by atoms with Crippen LogP contribution < -0.4 is 0 Å². The number of hydrogen-bond acceptors (Lipinski definition) is 7. The minimum Gasteiger partial charge on any atom is -0.454 e. The molecule has 1 heterocycles. The molecule has 0 aromatic heterocycles. The van der Waals surface area contributed by atoms with Crippen molar-refractivity contribution in [2.45, 2.75) is 35.6 Å². The van der Waals surface area contributed by atoms with E-state index in [4.69, 9.17) is 8.74 Å². The SMILES string of the molecule is O=C(OC1C2CC3[C@H](C2)C1OS3(=O)=O)C(F)(F)S(=O)(=O)O. The van der Waals surface area contributed by atoms with Gasteiger partial charge in [0.2, 0.25) is 0 Å². The molecular weight excluding hydrogens is 338 g/mol. The van der Waals surface area contributed by atoms with Crippen LogP contribution >= 0.6 is 0 Å². The molecular formula is C9H10F2O8S2. The van der Waals surface area contributed by atoms with E-state index in [0.29, 0.717) is 6.42 Å². The molecule has 12 heteroatoms. The molecule has 0 amide bonds. The van der Waals surface area contributed by atoms with Crippen LogP contribution in [0, 0.1) is 11.8 Å². The number of esters is 1. The summed E-state index contributed by atoms with van der Waals surface area (Å²) in [5, 5.41) is -5.84. The summed E-state index contributed by atoms with van der Waals surface area (Å²) in [5.41, 5.74) is 0. The van der Waals surface area contributed by atoms with E-state index in [2.05, 4.69) is 4.74 Å². The Morgan fingerprint density at radius 1 is 1.33 bits per heavy atom. The third-order valence-corrected chi connectivity index (χ3v) is 6.81. The molecule has 0 aromatic carbocycles. The molecule has 2 bridgehead atoms. The lowest BCUT2D eigenvalue weighted by atomic mass is 9.94. The van der Waals surface area contributed by atoms with Gasteiger partial charge in [-0.25, -0.2) is 4.79 Å². The van der Waals surface area contributed by atoms with E-state index >= 15 is 0 Å². The van der Waals surface area contributed by atoms with Crippen LogP contribution in [0.15, 0.2) is 0 Å². The van der Waals surface area contributed by atoms with Crippen molar-refractivity contribution in [3.05, 3.63) is 0 Å². The van der Waals surface area contributed by atoms with E-state index < -0.39 is 60.8 Å². The number of hydrogen-bond donors (Lipinski definition) is 1. The summed E-state index contributed by atoms with van der Waals surface area (Å²) in [6, 6.07) is 0. The van der Waals surface area contributed by atoms with E-state index in [9.17, 15) is 30.4 Å². The first-order chi connectivity index (χ1) is 9.45. The molecule has 8 nitrogen and oxygen atoms in total. The summed E-state index contributed by atoms with van der Waals surface area (Å²) >= 11 is 0. The normalized spacial score (nSPS) is 40.4. The number of ether oxygens (including phenoxy) is 1. The second-order valence-corrected chi connectivity index (χ2v) is 8.60. The largest absolute Gasteiger partial charge is 0.465 e. The number of alkyl halides is 2. The molecule has 21 heavy (non-hydrogen) atoms. The van der Waals surface area contributed by atoms with Gasteiger partial charge in [0, 0.05) is 11.8 Å². The van der Waals surface area contributed by atoms with Gasteiger partial charge in [-0.2, -0.15) is 25.6 Å². The van der Waals surface area contributed by atoms with Crippen molar-refractivity contribution in [3.8, 4) is 0 Å². The van der Waals surface area contributed by atoms with Crippen LogP contribution in [0.5, 0.6) is 0 Å². The lowest BCUT2D eigenvalue weighted by molar-refractivity contribution is -0.173. The van der Waals surface area contributed by atoms with Crippen LogP contribution in [0.2, 0.25) is 0 Å². The van der Waals surface area contributed by atoms with Gasteiger partial charge < -0.3 is 4.74 Å². The molecule has 3 aliphatic rings. The molecule has 0 aromatic rings. The van der Waals surface area contributed by atoms with Crippen LogP contribution in [0.3, 0.4) is 0 Å². The Labute approximate surface area is 118 Å². The zero-order chi connectivity index (χ0) is 15.8. The molecule has 2 aliphatic carbocycles. The number of carbonyl (C=O) groups is 1. The van der Waals surface area contributed by atoms with Crippen LogP contribution in [0.1, 0.15) is 12.8 Å². The molecule has 1 aliphatic heterocycles. The van der Waals surface area contributed by atoms with Gasteiger partial charge in [0.1, 0.15) is 12.2 Å². The predicted octanol–water partition coefficient (Wildman–Crippen LogP) is -0.484. The Hall–Kier alpha value is -0.850. The predicted molar refractivity (Wildman–Crippen MR) is 60.2 cm³/mol. The van der Waals surface area contributed by atoms with Crippen molar-refractivity contribution in [1.29, 1.82) is 0 Å². The fraction of sp³-hybridized carbons (Fsp3) is 0.889. The molecule has 5 atom stereocenters. The Balaban J connectivity index is 1.81. The highest BCUT2D eigenvalue weighted by Gasteiger charge is 2.66. The van der Waals surface area contributed by atoms with Gasteiger partial charge in [-0.05, 0) is 12.8 Å². The van der Waals surface area contributed by atoms with E-state index in [-0.39, 0.29) is 6.42 Å². The third kappa shape index (κ3) is 1.99. The maximum atomic E-state index is 13.1. The Morgan fingerprint density at radius 2 is 1.95 bits per heavy atom. The zero-order valence-electron chi connectivity index (χ0n) is 10.2. The quantitative estimate of drug-likeness (QED) is 0.412. The number of halogens is 2. The lowest BCUT2D eigenvalue weighted by Gasteiger charge is -2.25. The second-order valence-electron chi connectivity index (χ2n) is 5.35. The first-order valence-electron chi connectivity index (χ1n) is 5.93. The minimum absolute atomic E-state index is 0.110. The lowest BCUT2D eigenvalue weighted by Crippen LogP contribution is -2.45. The van der Waals surface area contributed by atoms with Crippen LogP contribution in [-0.2, 0) is 34.0 Å². The minimum atomic E-state index is -5.96. The van der Waals surface area contributed by atoms with Crippen molar-refractivity contribution < 1.29 is 43.9 Å². The van der Waals surface area contributed by atoms with Crippen molar-refractivity contribution in [2.75, 3.05) is 0 Å². The maximum absolute atomic E-state index is 13.1. The maximum Gasteiger partial charge on any atom is 0.465 e. The summed E-state index contributed by atoms with van der Waals surface area (Å²) < 4.78 is 88.0. The number of fused-ring (bicyclic) bond motifs is 1. The van der Waals surface area contributed by atoms with Gasteiger partial charge in [0.15, 0.2) is 0 Å². The summed E-state index contributed by atoms with van der Waals surface area (Å²) in [4.78, 5) is 11.3. The van der Waals surface area contributed by atoms with Gasteiger partial charge >= 0.3 is 21.3 Å². The molecule has 120 valence electrons. The van der Waals surface area contributed by atoms with Crippen LogP contribution in [0.4, 0.5) is 8.78 Å². The molecule has 0 radical (unpaired) electrons. The first-order valence-corrected chi connectivity index (χ1v) is 8.84. The van der Waals surface area contributed by atoms with Crippen molar-refractivity contribution in [3.63, 3.8) is 0 Å². The third-order valence-electron chi connectivity index (χ3n) is 4.22. The average molecular weight is 348 g/mol. The van der Waals surface area contributed by atoms with Crippen molar-refractivity contribution in [1.82, 2.24) is 0 Å². The van der Waals surface area contributed by atoms with Crippen molar-refractivity contribution >= 4 is 26.2 Å². The second kappa shape index (κ2) is 4.12. The molecule has 0 spiro atoms. The topological polar surface area (TPSA) is 124 Å². The highest BCUT2D eigenvalue weighted by molar-refractivity contribution is 7.88. The molecule has 2 saturated carbocycles. The van der Waals surface area contributed by atoms with Crippen LogP contribution in [-0.4, -0.2) is 50.1 Å². The van der Waals surface area contributed by atoms with Gasteiger partial charge in [0.25, 0.3) is 10.1 Å². The van der Waals surface area contributed by atoms with E-state index in [1.54, 1.807) is 0 Å². The van der Waals surface area contributed by atoms with Gasteiger partial charge in [-0.3, -0.25) is 8.74 Å². The zero-order valence-corrected chi connectivity index (χ0v) is 11.8. The molecule has 1 N–H and O–H groups in total. The molecule has 4 unspecified atom stereocenters. The fourth-order valence-corrected chi connectivity index (χ4v) is 5.48. The summed E-state index contributed by atoms with van der Waals surface area (Å²) in [7, 11) is -9.77. The van der Waals surface area contributed by atoms with Gasteiger partial charge in [-0.1, -0.05) is 0 Å². The Kier molecular flexibility index (Phi) is 2.95. The van der Waals surface area contributed by atoms with E-state index in [0.717, 1.165) is 0 Å². The summed E-state index contributed by atoms with van der Waals surface area (Å²) in [5.74, 6) is -3.37. The Bertz CT molecular complexity index is 699. The first kappa shape index (κ1) is 15.1. The monoisotopic (exact) mass is 348 g/mol.